The highest BCUT2D eigenvalue weighted by molar-refractivity contribution is 5.81. The van der Waals surface area contributed by atoms with Crippen LogP contribution in [0.3, 0.4) is 0 Å². The standard InChI is InChI=1S/C16H19NO4/c1-12-10-16(18)21-15-3-2-13(11-14(12)15)20-9-6-17-4-7-19-8-5-17/h2-3,10-11H,4-9H2,1H3. The van der Waals surface area contributed by atoms with Crippen LogP contribution in [0.2, 0.25) is 0 Å². The number of hydrogen-bond donors (Lipinski definition) is 0. The number of nitrogens with zero attached hydrogens (tertiary/aromatic N) is 1. The van der Waals surface area contributed by atoms with Crippen LogP contribution in [-0.4, -0.2) is 44.4 Å². The van der Waals surface area contributed by atoms with E-state index < -0.39 is 0 Å². The number of benzene rings is 1. The second-order valence-electron chi connectivity index (χ2n) is 5.21. The van der Waals surface area contributed by atoms with Gasteiger partial charge in [-0.05, 0) is 30.7 Å². The van der Waals surface area contributed by atoms with Crippen molar-refractivity contribution in [1.82, 2.24) is 4.90 Å². The lowest BCUT2D eigenvalue weighted by molar-refractivity contribution is 0.0322. The lowest BCUT2D eigenvalue weighted by Gasteiger charge is -2.26. The zero-order valence-electron chi connectivity index (χ0n) is 12.1. The lowest BCUT2D eigenvalue weighted by atomic mass is 10.1. The quantitative estimate of drug-likeness (QED) is 0.804. The van der Waals surface area contributed by atoms with E-state index in [1.165, 1.54) is 6.07 Å². The van der Waals surface area contributed by atoms with Crippen LogP contribution >= 0.6 is 0 Å². The summed E-state index contributed by atoms with van der Waals surface area (Å²) in [6.07, 6.45) is 0. The van der Waals surface area contributed by atoms with E-state index in [0.717, 1.165) is 49.5 Å². The van der Waals surface area contributed by atoms with Gasteiger partial charge in [-0.25, -0.2) is 4.79 Å². The number of ether oxygens (including phenoxy) is 2. The minimum Gasteiger partial charge on any atom is -0.492 e. The van der Waals surface area contributed by atoms with Crippen molar-refractivity contribution in [2.45, 2.75) is 6.92 Å². The number of rotatable bonds is 4. The zero-order valence-corrected chi connectivity index (χ0v) is 12.1. The van der Waals surface area contributed by atoms with E-state index in [0.29, 0.717) is 12.2 Å². The smallest absolute Gasteiger partial charge is 0.336 e. The molecular weight excluding hydrogens is 270 g/mol. The summed E-state index contributed by atoms with van der Waals surface area (Å²) in [6, 6.07) is 7.05. The van der Waals surface area contributed by atoms with Gasteiger partial charge in [-0.1, -0.05) is 0 Å². The highest BCUT2D eigenvalue weighted by Crippen LogP contribution is 2.22. The molecule has 1 aliphatic heterocycles. The Hall–Kier alpha value is -1.85. The molecule has 0 N–H and O–H groups in total. The van der Waals surface area contributed by atoms with Crippen LogP contribution in [0.4, 0.5) is 0 Å². The van der Waals surface area contributed by atoms with Gasteiger partial charge in [0.2, 0.25) is 0 Å². The Labute approximate surface area is 123 Å². The molecule has 1 aliphatic rings. The molecule has 0 unspecified atom stereocenters. The summed E-state index contributed by atoms with van der Waals surface area (Å²) >= 11 is 0. The van der Waals surface area contributed by atoms with Gasteiger partial charge in [0.25, 0.3) is 0 Å². The Balaban J connectivity index is 1.65. The molecule has 1 saturated heterocycles. The molecule has 2 heterocycles. The van der Waals surface area contributed by atoms with Gasteiger partial charge in [0.1, 0.15) is 17.9 Å². The first-order chi connectivity index (χ1) is 10.2. The number of morpholine rings is 1. The lowest BCUT2D eigenvalue weighted by Crippen LogP contribution is -2.38. The first kappa shape index (κ1) is 14.1. The summed E-state index contributed by atoms with van der Waals surface area (Å²) in [5.41, 5.74) is 1.18. The van der Waals surface area contributed by atoms with Crippen molar-refractivity contribution in [1.29, 1.82) is 0 Å². The topological polar surface area (TPSA) is 51.9 Å². The van der Waals surface area contributed by atoms with Gasteiger partial charge in [0.05, 0.1) is 13.2 Å². The zero-order chi connectivity index (χ0) is 14.7. The van der Waals surface area contributed by atoms with Crippen LogP contribution < -0.4 is 10.4 Å². The van der Waals surface area contributed by atoms with Gasteiger partial charge < -0.3 is 13.9 Å². The Morgan fingerprint density at radius 1 is 1.24 bits per heavy atom. The van der Waals surface area contributed by atoms with Gasteiger partial charge in [0, 0.05) is 31.1 Å². The predicted octanol–water partition coefficient (Wildman–Crippen LogP) is 1.81. The molecule has 0 amide bonds. The third-order valence-corrected chi connectivity index (χ3v) is 3.70. The number of hydrogen-bond acceptors (Lipinski definition) is 5. The predicted molar refractivity (Wildman–Crippen MR) is 80.0 cm³/mol. The van der Waals surface area contributed by atoms with Crippen molar-refractivity contribution in [3.63, 3.8) is 0 Å². The minimum atomic E-state index is -0.319. The second-order valence-corrected chi connectivity index (χ2v) is 5.21. The van der Waals surface area contributed by atoms with Crippen molar-refractivity contribution in [2.75, 3.05) is 39.5 Å². The molecule has 5 nitrogen and oxygen atoms in total. The first-order valence-electron chi connectivity index (χ1n) is 7.20. The van der Waals surface area contributed by atoms with Crippen LogP contribution in [0.25, 0.3) is 11.0 Å². The summed E-state index contributed by atoms with van der Waals surface area (Å²) < 4.78 is 16.3. The fourth-order valence-corrected chi connectivity index (χ4v) is 2.51. The molecule has 0 bridgehead atoms. The molecule has 0 saturated carbocycles. The highest BCUT2D eigenvalue weighted by Gasteiger charge is 2.10. The van der Waals surface area contributed by atoms with E-state index in [1.807, 2.05) is 19.1 Å². The molecule has 21 heavy (non-hydrogen) atoms. The monoisotopic (exact) mass is 289 g/mol. The Bertz CT molecular complexity index is 674. The molecular formula is C16H19NO4. The van der Waals surface area contributed by atoms with E-state index in [9.17, 15) is 4.79 Å². The Morgan fingerprint density at radius 2 is 2.05 bits per heavy atom. The maximum absolute atomic E-state index is 11.3. The van der Waals surface area contributed by atoms with Gasteiger partial charge >= 0.3 is 5.63 Å². The summed E-state index contributed by atoms with van der Waals surface area (Å²) in [4.78, 5) is 13.7. The van der Waals surface area contributed by atoms with Crippen molar-refractivity contribution in [3.05, 3.63) is 40.2 Å². The molecule has 112 valence electrons. The highest BCUT2D eigenvalue weighted by atomic mass is 16.5. The van der Waals surface area contributed by atoms with Crippen molar-refractivity contribution >= 4 is 11.0 Å². The fraction of sp³-hybridized carbons (Fsp3) is 0.438. The van der Waals surface area contributed by atoms with E-state index >= 15 is 0 Å². The average molecular weight is 289 g/mol. The van der Waals surface area contributed by atoms with E-state index in [1.54, 1.807) is 6.07 Å². The number of aryl methyl sites for hydroxylation is 1. The molecule has 5 heteroatoms. The van der Waals surface area contributed by atoms with Gasteiger partial charge in [-0.2, -0.15) is 0 Å². The first-order valence-corrected chi connectivity index (χ1v) is 7.20. The molecule has 1 aromatic heterocycles. The number of fused-ring (bicyclic) bond motifs is 1. The summed E-state index contributed by atoms with van der Waals surface area (Å²) in [5, 5.41) is 0.915. The molecule has 1 fully saturated rings. The Kier molecular flexibility index (Phi) is 4.22. The SMILES string of the molecule is Cc1cc(=O)oc2ccc(OCCN3CCOCC3)cc12. The van der Waals surface area contributed by atoms with Crippen molar-refractivity contribution in [2.24, 2.45) is 0 Å². The third kappa shape index (κ3) is 3.43. The second kappa shape index (κ2) is 6.28. The Morgan fingerprint density at radius 3 is 2.86 bits per heavy atom. The fourth-order valence-electron chi connectivity index (χ4n) is 2.51. The normalized spacial score (nSPS) is 16.2. The van der Waals surface area contributed by atoms with Crippen molar-refractivity contribution in [3.8, 4) is 5.75 Å². The summed E-state index contributed by atoms with van der Waals surface area (Å²) in [5.74, 6) is 0.799. The molecule has 2 aromatic rings. The van der Waals surface area contributed by atoms with Crippen LogP contribution in [0, 0.1) is 6.92 Å². The van der Waals surface area contributed by atoms with Crippen molar-refractivity contribution < 1.29 is 13.9 Å². The maximum atomic E-state index is 11.3. The van der Waals surface area contributed by atoms with E-state index in [-0.39, 0.29) is 5.63 Å². The maximum Gasteiger partial charge on any atom is 0.336 e. The molecule has 0 atom stereocenters. The van der Waals surface area contributed by atoms with Crippen LogP contribution in [0.15, 0.2) is 33.5 Å². The average Bonchev–Trinajstić information content (AvgIpc) is 2.49. The largest absolute Gasteiger partial charge is 0.492 e. The molecule has 3 rings (SSSR count). The van der Waals surface area contributed by atoms with E-state index in [2.05, 4.69) is 4.90 Å². The molecule has 0 spiro atoms. The van der Waals surface area contributed by atoms with Crippen LogP contribution in [0.1, 0.15) is 5.56 Å². The van der Waals surface area contributed by atoms with Gasteiger partial charge in [-0.15, -0.1) is 0 Å². The van der Waals surface area contributed by atoms with Crippen LogP contribution in [0.5, 0.6) is 5.75 Å². The third-order valence-electron chi connectivity index (χ3n) is 3.70. The van der Waals surface area contributed by atoms with Crippen LogP contribution in [-0.2, 0) is 4.74 Å². The molecule has 1 aromatic carbocycles. The van der Waals surface area contributed by atoms with E-state index in [4.69, 9.17) is 13.9 Å². The van der Waals surface area contributed by atoms with Gasteiger partial charge in [-0.3, -0.25) is 4.90 Å². The minimum absolute atomic E-state index is 0.319. The molecule has 0 radical (unpaired) electrons. The molecule has 0 aliphatic carbocycles. The summed E-state index contributed by atoms with van der Waals surface area (Å²) in [7, 11) is 0. The summed E-state index contributed by atoms with van der Waals surface area (Å²) in [6.45, 7) is 6.96. The van der Waals surface area contributed by atoms with Gasteiger partial charge in [0.15, 0.2) is 0 Å².